The van der Waals surface area contributed by atoms with E-state index in [4.69, 9.17) is 44.4 Å². The van der Waals surface area contributed by atoms with Crippen molar-refractivity contribution in [3.63, 3.8) is 0 Å². The number of carbonyl (C=O) groups is 2. The van der Waals surface area contributed by atoms with Crippen LogP contribution in [0.3, 0.4) is 0 Å². The van der Waals surface area contributed by atoms with Gasteiger partial charge in [0.25, 0.3) is 0 Å². The molecule has 0 aromatic heterocycles. The highest BCUT2D eigenvalue weighted by Gasteiger charge is 2.48. The quantitative estimate of drug-likeness (QED) is 0.242. The molecule has 3 fully saturated rings. The first kappa shape index (κ1) is 28.7. The number of hydrogen-bond acceptors (Lipinski definition) is 6. The molecule has 13 heteroatoms. The van der Waals surface area contributed by atoms with Gasteiger partial charge < -0.3 is 9.64 Å². The maximum Gasteiger partial charge on any atom is 0.410 e. The van der Waals surface area contributed by atoms with Gasteiger partial charge in [0.1, 0.15) is 13.2 Å². The average Bonchev–Trinajstić information content (AvgIpc) is 3.15. The predicted octanol–water partition coefficient (Wildman–Crippen LogP) is 4.12. The molecule has 0 spiro atoms. The summed E-state index contributed by atoms with van der Waals surface area (Å²) < 4.78 is 32.3. The number of likely N-dealkylation sites (tertiary alicyclic amines) is 1. The molecule has 1 aromatic carbocycles. The van der Waals surface area contributed by atoms with Crippen LogP contribution in [0.15, 0.2) is 30.3 Å². The van der Waals surface area contributed by atoms with Crippen molar-refractivity contribution in [2.24, 2.45) is 5.92 Å². The van der Waals surface area contributed by atoms with Crippen LogP contribution in [0.4, 0.5) is 4.79 Å². The van der Waals surface area contributed by atoms with Crippen molar-refractivity contribution < 1.29 is 27.6 Å². The van der Waals surface area contributed by atoms with E-state index in [1.807, 2.05) is 30.3 Å². The van der Waals surface area contributed by atoms with Crippen LogP contribution in [0.25, 0.3) is 0 Å². The Morgan fingerprint density at radius 3 is 2.24 bits per heavy atom. The second-order valence-corrected chi connectivity index (χ2v) is 14.4. The van der Waals surface area contributed by atoms with E-state index in [1.54, 1.807) is 9.21 Å². The molecule has 2 bridgehead atoms. The molecular weight excluding hydrogens is 565 g/mol. The monoisotopic (exact) mass is 595 g/mol. The zero-order valence-corrected chi connectivity index (χ0v) is 23.5. The van der Waals surface area contributed by atoms with Crippen LogP contribution < -0.4 is 0 Å². The minimum Gasteiger partial charge on any atom is -0.445 e. The predicted molar refractivity (Wildman–Crippen MR) is 141 cm³/mol. The standard InChI is InChI=1S/C24H32Cl3N3O6S/c25-24(26,27)16-36-29(17-31)22-12-20-6-7-21(13-22)30(20)37(33,34)15-19-8-10-28(11-9-19)23(32)35-14-18-4-2-1-3-5-18/h1-5,17,19-22H,6-16H2/t20-,21+,22?. The highest BCUT2D eigenvalue weighted by Crippen LogP contribution is 2.40. The van der Waals surface area contributed by atoms with Crippen molar-refractivity contribution in [3.8, 4) is 0 Å². The first-order valence-electron chi connectivity index (χ1n) is 12.5. The SMILES string of the molecule is O=CN(OCC(Cl)(Cl)Cl)C1C[C@H]2CC[C@@H](C1)N2S(=O)(=O)CC1CCN(C(=O)OCc2ccccc2)CC1. The van der Waals surface area contributed by atoms with E-state index < -0.39 is 13.8 Å². The molecule has 3 aliphatic rings. The molecule has 3 aliphatic heterocycles. The number of carbonyl (C=O) groups excluding carboxylic acids is 2. The maximum atomic E-state index is 13.4. The number of ether oxygens (including phenoxy) is 1. The lowest BCUT2D eigenvalue weighted by Crippen LogP contribution is -2.53. The van der Waals surface area contributed by atoms with Gasteiger partial charge in [0.2, 0.25) is 20.2 Å². The fourth-order valence-corrected chi connectivity index (χ4v) is 8.15. The Hall–Kier alpha value is -1.30. The summed E-state index contributed by atoms with van der Waals surface area (Å²) in [4.78, 5) is 31.1. The Labute approximate surface area is 232 Å². The Kier molecular flexibility index (Phi) is 9.51. The largest absolute Gasteiger partial charge is 0.445 e. The van der Waals surface area contributed by atoms with Crippen molar-refractivity contribution in [2.45, 2.75) is 67.0 Å². The van der Waals surface area contributed by atoms with Crippen molar-refractivity contribution in [3.05, 3.63) is 35.9 Å². The molecule has 3 atom stereocenters. The molecule has 3 heterocycles. The highest BCUT2D eigenvalue weighted by molar-refractivity contribution is 7.89. The van der Waals surface area contributed by atoms with Gasteiger partial charge in [-0.25, -0.2) is 18.3 Å². The molecule has 0 saturated carbocycles. The van der Waals surface area contributed by atoms with Gasteiger partial charge >= 0.3 is 6.09 Å². The minimum absolute atomic E-state index is 0.0283. The number of piperidine rings is 2. The zero-order chi connectivity index (χ0) is 26.6. The van der Waals surface area contributed by atoms with E-state index >= 15 is 0 Å². The molecule has 0 N–H and O–H groups in total. The lowest BCUT2D eigenvalue weighted by molar-refractivity contribution is -0.191. The van der Waals surface area contributed by atoms with Gasteiger partial charge in [-0.3, -0.25) is 9.63 Å². The second-order valence-electron chi connectivity index (χ2n) is 9.94. The van der Waals surface area contributed by atoms with Gasteiger partial charge in [-0.15, -0.1) is 0 Å². The Bertz CT molecular complexity index is 1020. The van der Waals surface area contributed by atoms with E-state index in [9.17, 15) is 18.0 Å². The molecule has 37 heavy (non-hydrogen) atoms. The van der Waals surface area contributed by atoms with E-state index in [0.717, 1.165) is 23.5 Å². The van der Waals surface area contributed by atoms with E-state index in [0.29, 0.717) is 45.2 Å². The number of amides is 2. The van der Waals surface area contributed by atoms with Crippen LogP contribution in [0, 0.1) is 5.92 Å². The summed E-state index contributed by atoms with van der Waals surface area (Å²) in [6.45, 7) is 0.877. The summed E-state index contributed by atoms with van der Waals surface area (Å²) in [5.74, 6) is 0.0260. The second kappa shape index (κ2) is 12.3. The van der Waals surface area contributed by atoms with Crippen molar-refractivity contribution >= 4 is 57.3 Å². The van der Waals surface area contributed by atoms with Crippen LogP contribution in [-0.4, -0.2) is 82.6 Å². The molecule has 1 aromatic rings. The van der Waals surface area contributed by atoms with Crippen molar-refractivity contribution in [1.29, 1.82) is 0 Å². The van der Waals surface area contributed by atoms with Crippen LogP contribution >= 0.6 is 34.8 Å². The third-order valence-corrected chi connectivity index (χ3v) is 9.79. The van der Waals surface area contributed by atoms with E-state index in [1.165, 1.54) is 0 Å². The molecule has 0 radical (unpaired) electrons. The summed E-state index contributed by atoms with van der Waals surface area (Å²) >= 11 is 17.2. The van der Waals surface area contributed by atoms with Gasteiger partial charge in [-0.1, -0.05) is 65.1 Å². The zero-order valence-electron chi connectivity index (χ0n) is 20.4. The average molecular weight is 597 g/mol. The summed E-state index contributed by atoms with van der Waals surface area (Å²) in [5.41, 5.74) is 0.920. The number of rotatable bonds is 9. The van der Waals surface area contributed by atoms with Crippen LogP contribution in [0.1, 0.15) is 44.1 Å². The normalized spacial score (nSPS) is 25.2. The lowest BCUT2D eigenvalue weighted by atomic mass is 9.99. The third-order valence-electron chi connectivity index (χ3n) is 7.33. The van der Waals surface area contributed by atoms with Crippen LogP contribution in [0.2, 0.25) is 0 Å². The molecular formula is C24H32Cl3N3O6S. The molecule has 4 rings (SSSR count). The minimum atomic E-state index is -3.51. The number of alkyl halides is 3. The fraction of sp³-hybridized carbons (Fsp3) is 0.667. The Morgan fingerprint density at radius 2 is 1.68 bits per heavy atom. The maximum absolute atomic E-state index is 13.4. The number of hydrogen-bond donors (Lipinski definition) is 0. The van der Waals surface area contributed by atoms with Crippen molar-refractivity contribution in [2.75, 3.05) is 25.4 Å². The number of halogens is 3. The first-order chi connectivity index (χ1) is 17.6. The fourth-order valence-electron chi connectivity index (χ4n) is 5.61. The van der Waals surface area contributed by atoms with Gasteiger partial charge in [-0.2, -0.15) is 4.31 Å². The van der Waals surface area contributed by atoms with Gasteiger partial charge in [0.15, 0.2) is 0 Å². The smallest absolute Gasteiger partial charge is 0.410 e. The molecule has 0 aliphatic carbocycles. The molecule has 9 nitrogen and oxygen atoms in total. The van der Waals surface area contributed by atoms with Gasteiger partial charge in [-0.05, 0) is 50.0 Å². The highest BCUT2D eigenvalue weighted by atomic mass is 35.6. The topological polar surface area (TPSA) is 96.5 Å². The lowest BCUT2D eigenvalue weighted by Gasteiger charge is -2.41. The number of benzene rings is 1. The van der Waals surface area contributed by atoms with E-state index in [2.05, 4.69) is 0 Å². The Morgan fingerprint density at radius 1 is 1.05 bits per heavy atom. The Balaban J connectivity index is 1.26. The molecule has 2 amide bonds. The summed E-state index contributed by atoms with van der Waals surface area (Å²) in [5, 5.41) is 1.16. The summed E-state index contributed by atoms with van der Waals surface area (Å²) in [6.07, 6.45) is 3.82. The van der Waals surface area contributed by atoms with Crippen molar-refractivity contribution in [1.82, 2.24) is 14.3 Å². The number of fused-ring (bicyclic) bond motifs is 2. The molecule has 1 unspecified atom stereocenters. The summed E-state index contributed by atoms with van der Waals surface area (Å²) in [7, 11) is -3.51. The van der Waals surface area contributed by atoms with E-state index in [-0.39, 0.29) is 49.1 Å². The number of sulfonamides is 1. The van der Waals surface area contributed by atoms with Gasteiger partial charge in [0, 0.05) is 25.2 Å². The molecule has 3 saturated heterocycles. The van der Waals surface area contributed by atoms with Gasteiger partial charge in [0.05, 0.1) is 11.8 Å². The number of nitrogens with zero attached hydrogens (tertiary/aromatic N) is 3. The molecule has 206 valence electrons. The summed E-state index contributed by atoms with van der Waals surface area (Å²) in [6, 6.07) is 8.81. The first-order valence-corrected chi connectivity index (χ1v) is 15.2. The third kappa shape index (κ3) is 7.64. The number of hydroxylamine groups is 2. The van der Waals surface area contributed by atoms with Crippen LogP contribution in [-0.2, 0) is 31.0 Å². The van der Waals surface area contributed by atoms with Crippen LogP contribution in [0.5, 0.6) is 0 Å².